The van der Waals surface area contributed by atoms with E-state index < -0.39 is 0 Å². The van der Waals surface area contributed by atoms with Crippen LogP contribution in [0.15, 0.2) is 170 Å². The van der Waals surface area contributed by atoms with E-state index in [9.17, 15) is 0 Å². The van der Waals surface area contributed by atoms with Crippen LogP contribution in [0.1, 0.15) is 0 Å². The Labute approximate surface area is 298 Å². The summed E-state index contributed by atoms with van der Waals surface area (Å²) in [4.78, 5) is 9.79. The fourth-order valence-corrected chi connectivity index (χ4v) is 8.84. The van der Waals surface area contributed by atoms with Crippen LogP contribution >= 0.6 is 0 Å². The number of aromatic nitrogens is 4. The normalized spacial score (nSPS) is 12.2. The largest absolute Gasteiger partial charge is 0.309 e. The number of nitrogens with zero attached hydrogens (tertiary/aromatic N) is 4. The van der Waals surface area contributed by atoms with E-state index in [1.807, 2.05) is 12.4 Å². The van der Waals surface area contributed by atoms with Crippen LogP contribution in [0.2, 0.25) is 0 Å². The van der Waals surface area contributed by atoms with Crippen molar-refractivity contribution in [3.8, 4) is 45.0 Å². The summed E-state index contributed by atoms with van der Waals surface area (Å²) in [5.74, 6) is 0. The molecule has 4 nitrogen and oxygen atoms in total. The minimum Gasteiger partial charge on any atom is -0.309 e. The molecule has 4 heteroatoms. The molecule has 0 atom stereocenters. The topological polar surface area (TPSA) is 35.6 Å². The summed E-state index contributed by atoms with van der Waals surface area (Å²) in [5, 5.41) is 9.84. The Hall–Kier alpha value is -7.04. The molecular weight excluding hydrogens is 633 g/mol. The quantitative estimate of drug-likeness (QED) is 0.189. The number of benzene rings is 7. The SMILES string of the molecule is c1ccc(-n2c3ccc(-c4ccc5c(c4)c4ccccc4n5-c4cnc5c(c4)-c4cccc6ccnc-5c46)cc3c3ccc4ccccc4c32)cc1. The van der Waals surface area contributed by atoms with Gasteiger partial charge >= 0.3 is 0 Å². The molecule has 0 bridgehead atoms. The minimum atomic E-state index is 0.954. The number of hydrogen-bond donors (Lipinski definition) is 0. The van der Waals surface area contributed by atoms with Crippen molar-refractivity contribution in [2.75, 3.05) is 0 Å². The Balaban J connectivity index is 1.06. The van der Waals surface area contributed by atoms with Gasteiger partial charge in [-0.25, -0.2) is 0 Å². The van der Waals surface area contributed by atoms with Crippen molar-refractivity contribution >= 4 is 65.2 Å². The van der Waals surface area contributed by atoms with Gasteiger partial charge in [-0.1, -0.05) is 103 Å². The minimum absolute atomic E-state index is 0.954. The lowest BCUT2D eigenvalue weighted by molar-refractivity contribution is 1.14. The Morgan fingerprint density at radius 2 is 1.10 bits per heavy atom. The second kappa shape index (κ2) is 10.3. The van der Waals surface area contributed by atoms with Crippen LogP contribution in [0.5, 0.6) is 0 Å². The summed E-state index contributed by atoms with van der Waals surface area (Å²) < 4.78 is 4.79. The second-order valence-corrected chi connectivity index (χ2v) is 13.8. The number of rotatable bonds is 3. The first-order valence-electron chi connectivity index (χ1n) is 17.7. The zero-order chi connectivity index (χ0) is 33.9. The van der Waals surface area contributed by atoms with Crippen LogP contribution < -0.4 is 0 Å². The van der Waals surface area contributed by atoms with Gasteiger partial charge < -0.3 is 9.13 Å². The molecule has 0 spiro atoms. The molecule has 0 saturated carbocycles. The number of hydrogen-bond acceptors (Lipinski definition) is 2. The van der Waals surface area contributed by atoms with Crippen LogP contribution in [-0.4, -0.2) is 19.1 Å². The van der Waals surface area contributed by atoms with Crippen molar-refractivity contribution in [1.29, 1.82) is 0 Å². The molecule has 12 rings (SSSR count). The third-order valence-corrected chi connectivity index (χ3v) is 11.1. The molecule has 240 valence electrons. The van der Waals surface area contributed by atoms with Crippen LogP contribution in [0.25, 0.3) is 110 Å². The van der Waals surface area contributed by atoms with Gasteiger partial charge in [0.15, 0.2) is 0 Å². The monoisotopic (exact) mass is 660 g/mol. The maximum atomic E-state index is 5.04. The summed E-state index contributed by atoms with van der Waals surface area (Å²) in [6.45, 7) is 0. The Morgan fingerprint density at radius 1 is 0.385 bits per heavy atom. The van der Waals surface area contributed by atoms with E-state index >= 15 is 0 Å². The molecule has 0 N–H and O–H groups in total. The van der Waals surface area contributed by atoms with Crippen molar-refractivity contribution in [2.45, 2.75) is 0 Å². The molecule has 11 aromatic rings. The molecule has 0 fully saturated rings. The highest BCUT2D eigenvalue weighted by Gasteiger charge is 2.25. The van der Waals surface area contributed by atoms with E-state index in [-0.39, 0.29) is 0 Å². The molecule has 4 aromatic heterocycles. The lowest BCUT2D eigenvalue weighted by Crippen LogP contribution is -1.96. The van der Waals surface area contributed by atoms with Gasteiger partial charge in [-0.2, -0.15) is 0 Å². The van der Waals surface area contributed by atoms with Crippen LogP contribution in [0.4, 0.5) is 0 Å². The predicted octanol–water partition coefficient (Wildman–Crippen LogP) is 12.3. The standard InChI is InChI=1S/C48H28N4/c1-2-11-33(12-3-1)52-44-22-19-32(26-40(44)38-20-17-29-9-4-5-13-35(29)48(38)52)31-18-21-43-39(25-31)36-14-6-7-16-42(36)51(43)34-27-41-37-15-8-10-30-23-24-49-47(45(30)37)46(41)50-28-34/h1-28H. The molecule has 0 saturated heterocycles. The molecule has 0 unspecified atom stereocenters. The Morgan fingerprint density at radius 3 is 1.96 bits per heavy atom. The second-order valence-electron chi connectivity index (χ2n) is 13.8. The average molecular weight is 661 g/mol. The molecule has 0 radical (unpaired) electrons. The third kappa shape index (κ3) is 3.70. The van der Waals surface area contributed by atoms with Gasteiger partial charge in [-0.15, -0.1) is 0 Å². The third-order valence-electron chi connectivity index (χ3n) is 11.1. The van der Waals surface area contributed by atoms with Crippen molar-refractivity contribution in [3.05, 3.63) is 170 Å². The Bertz CT molecular complexity index is 3290. The molecule has 52 heavy (non-hydrogen) atoms. The zero-order valence-corrected chi connectivity index (χ0v) is 28.0. The maximum absolute atomic E-state index is 5.04. The van der Waals surface area contributed by atoms with Crippen molar-refractivity contribution < 1.29 is 0 Å². The molecule has 4 heterocycles. The predicted molar refractivity (Wildman–Crippen MR) is 216 cm³/mol. The fraction of sp³-hybridized carbons (Fsp3) is 0. The van der Waals surface area contributed by atoms with Gasteiger partial charge in [0.25, 0.3) is 0 Å². The van der Waals surface area contributed by atoms with E-state index in [1.165, 1.54) is 76.5 Å². The van der Waals surface area contributed by atoms with E-state index in [2.05, 4.69) is 167 Å². The van der Waals surface area contributed by atoms with E-state index in [0.717, 1.165) is 33.7 Å². The van der Waals surface area contributed by atoms with Gasteiger partial charge in [-0.05, 0) is 82.1 Å². The molecule has 0 aliphatic heterocycles. The first kappa shape index (κ1) is 27.7. The van der Waals surface area contributed by atoms with Gasteiger partial charge in [0.05, 0.1) is 45.3 Å². The summed E-state index contributed by atoms with van der Waals surface area (Å²) in [6, 6.07) is 57.4. The molecule has 7 aromatic carbocycles. The molecular formula is C48H28N4. The summed E-state index contributed by atoms with van der Waals surface area (Å²) in [6.07, 6.45) is 3.89. The lowest BCUT2D eigenvalue weighted by atomic mass is 10.00. The lowest BCUT2D eigenvalue weighted by Gasteiger charge is -2.11. The van der Waals surface area contributed by atoms with Crippen molar-refractivity contribution in [2.24, 2.45) is 0 Å². The van der Waals surface area contributed by atoms with E-state index in [1.54, 1.807) is 0 Å². The van der Waals surface area contributed by atoms with Gasteiger partial charge in [0.1, 0.15) is 0 Å². The molecule has 1 aliphatic carbocycles. The van der Waals surface area contributed by atoms with E-state index in [0.29, 0.717) is 0 Å². The van der Waals surface area contributed by atoms with Gasteiger partial charge in [0, 0.05) is 49.8 Å². The highest BCUT2D eigenvalue weighted by atomic mass is 15.0. The first-order valence-corrected chi connectivity index (χ1v) is 17.7. The first-order chi connectivity index (χ1) is 25.8. The zero-order valence-electron chi connectivity index (χ0n) is 28.0. The Kier molecular flexibility index (Phi) is 5.47. The van der Waals surface area contributed by atoms with Crippen LogP contribution in [0.3, 0.4) is 0 Å². The number of pyridine rings is 2. The summed E-state index contributed by atoms with van der Waals surface area (Å²) in [5.41, 5.74) is 13.6. The van der Waals surface area contributed by atoms with Crippen molar-refractivity contribution in [1.82, 2.24) is 19.1 Å². The van der Waals surface area contributed by atoms with Crippen LogP contribution in [-0.2, 0) is 0 Å². The highest BCUT2D eigenvalue weighted by molar-refractivity contribution is 6.19. The number of fused-ring (bicyclic) bond motifs is 11. The van der Waals surface area contributed by atoms with Crippen molar-refractivity contribution in [3.63, 3.8) is 0 Å². The maximum Gasteiger partial charge on any atom is 0.0977 e. The van der Waals surface area contributed by atoms with Crippen LogP contribution in [0, 0.1) is 0 Å². The molecule has 1 aliphatic rings. The molecule has 0 amide bonds. The van der Waals surface area contributed by atoms with Gasteiger partial charge in [0.2, 0.25) is 0 Å². The average Bonchev–Trinajstić information content (AvgIpc) is 3.84. The van der Waals surface area contributed by atoms with E-state index in [4.69, 9.17) is 9.97 Å². The summed E-state index contributed by atoms with van der Waals surface area (Å²) >= 11 is 0. The number of para-hydroxylation sites is 2. The summed E-state index contributed by atoms with van der Waals surface area (Å²) in [7, 11) is 0. The fourth-order valence-electron chi connectivity index (χ4n) is 8.84. The highest BCUT2D eigenvalue weighted by Crippen LogP contribution is 2.46. The smallest absolute Gasteiger partial charge is 0.0977 e. The van der Waals surface area contributed by atoms with Gasteiger partial charge in [-0.3, -0.25) is 9.97 Å².